The smallest absolute Gasteiger partial charge is 0.248 e. The third kappa shape index (κ3) is 3.92. The molecule has 0 radical (unpaired) electrons. The van der Waals surface area contributed by atoms with Gasteiger partial charge in [-0.25, -0.2) is 9.97 Å². The molecular weight excluding hydrogens is 382 g/mol. The van der Waals surface area contributed by atoms with E-state index in [1.54, 1.807) is 0 Å². The summed E-state index contributed by atoms with van der Waals surface area (Å²) in [4.78, 5) is 29.0. The van der Waals surface area contributed by atoms with Crippen LogP contribution in [-0.2, 0) is 26.3 Å². The quantitative estimate of drug-likeness (QED) is 0.731. The fraction of sp³-hybridized carbons (Fsp3) is 0.773. The van der Waals surface area contributed by atoms with Gasteiger partial charge in [0, 0.05) is 51.0 Å². The van der Waals surface area contributed by atoms with E-state index in [4.69, 9.17) is 14.5 Å². The Bertz CT molecular complexity index is 776. The van der Waals surface area contributed by atoms with Crippen molar-refractivity contribution in [2.75, 3.05) is 64.4 Å². The Balaban J connectivity index is 1.29. The van der Waals surface area contributed by atoms with E-state index in [0.29, 0.717) is 19.8 Å². The number of aromatic nitrogens is 2. The molecule has 2 saturated heterocycles. The van der Waals surface area contributed by atoms with Crippen LogP contribution in [0.25, 0.3) is 0 Å². The van der Waals surface area contributed by atoms with Crippen LogP contribution in [0.3, 0.4) is 0 Å². The number of amides is 1. The number of nitrogens with zero attached hydrogens (tertiary/aromatic N) is 5. The predicted octanol–water partition coefficient (Wildman–Crippen LogP) is 1.19. The Morgan fingerprint density at radius 1 is 1.23 bits per heavy atom. The summed E-state index contributed by atoms with van der Waals surface area (Å²) in [5.74, 6) is 0.914. The second kappa shape index (κ2) is 8.40. The molecule has 1 unspecified atom stereocenters. The maximum atomic E-state index is 12.8. The van der Waals surface area contributed by atoms with Crippen molar-refractivity contribution in [3.63, 3.8) is 0 Å². The van der Waals surface area contributed by atoms with Crippen molar-refractivity contribution in [1.82, 2.24) is 19.8 Å². The van der Waals surface area contributed by atoms with Crippen molar-refractivity contribution in [2.24, 2.45) is 0 Å². The van der Waals surface area contributed by atoms with Gasteiger partial charge in [-0.2, -0.15) is 0 Å². The largest absolute Gasteiger partial charge is 0.376 e. The molecule has 8 heteroatoms. The summed E-state index contributed by atoms with van der Waals surface area (Å²) in [6, 6.07) is 0. The molecule has 1 aromatic rings. The lowest BCUT2D eigenvalue weighted by Gasteiger charge is -2.36. The van der Waals surface area contributed by atoms with Gasteiger partial charge in [-0.1, -0.05) is 12.8 Å². The van der Waals surface area contributed by atoms with Crippen molar-refractivity contribution in [1.29, 1.82) is 0 Å². The van der Waals surface area contributed by atoms with E-state index in [0.717, 1.165) is 69.2 Å². The molecule has 0 bridgehead atoms. The number of anilines is 1. The molecule has 1 aliphatic carbocycles. The number of carbonyl (C=O) groups excluding carboxylic acids is 1. The molecule has 0 N–H and O–H groups in total. The Labute approximate surface area is 178 Å². The Kier molecular flexibility index (Phi) is 5.64. The SMILES string of the molecule is CN1CCN(c2ncc3c(n2)C2(CCN(C(=O)COC4CCCC4)C2)COC3)CC1. The highest BCUT2D eigenvalue weighted by Crippen LogP contribution is 2.39. The first-order valence-corrected chi connectivity index (χ1v) is 11.4. The highest BCUT2D eigenvalue weighted by atomic mass is 16.5. The lowest BCUT2D eigenvalue weighted by molar-refractivity contribution is -0.137. The number of carbonyl (C=O) groups is 1. The van der Waals surface area contributed by atoms with Crippen molar-refractivity contribution >= 4 is 11.9 Å². The maximum Gasteiger partial charge on any atom is 0.248 e. The molecule has 0 aromatic carbocycles. The molecule has 4 aliphatic rings. The average Bonchev–Trinajstić information content (AvgIpc) is 3.44. The van der Waals surface area contributed by atoms with E-state index in [2.05, 4.69) is 21.8 Å². The van der Waals surface area contributed by atoms with Gasteiger partial charge in [-0.15, -0.1) is 0 Å². The number of ether oxygens (including phenoxy) is 2. The van der Waals surface area contributed by atoms with Crippen LogP contribution < -0.4 is 4.90 Å². The normalized spacial score (nSPS) is 27.8. The molecule has 1 atom stereocenters. The number of likely N-dealkylation sites (tertiary alicyclic amines) is 1. The molecule has 3 fully saturated rings. The highest BCUT2D eigenvalue weighted by Gasteiger charge is 2.46. The molecule has 3 aliphatic heterocycles. The summed E-state index contributed by atoms with van der Waals surface area (Å²) in [6.45, 7) is 6.71. The van der Waals surface area contributed by atoms with Gasteiger partial charge in [-0.05, 0) is 26.3 Å². The molecule has 1 aromatic heterocycles. The standard InChI is InChI=1S/C22H33N5O3/c1-25-8-10-26(11-9-25)21-23-12-17-13-29-16-22(20(17)24-21)6-7-27(15-22)19(28)14-30-18-4-2-3-5-18/h12,18H,2-11,13-16H2,1H3. The van der Waals surface area contributed by atoms with Crippen molar-refractivity contribution in [3.8, 4) is 0 Å². The summed E-state index contributed by atoms with van der Waals surface area (Å²) >= 11 is 0. The molecule has 30 heavy (non-hydrogen) atoms. The molecule has 4 heterocycles. The number of piperazine rings is 1. The second-order valence-electron chi connectivity index (χ2n) is 9.39. The van der Waals surface area contributed by atoms with E-state index in [-0.39, 0.29) is 24.0 Å². The predicted molar refractivity (Wildman–Crippen MR) is 112 cm³/mol. The van der Waals surface area contributed by atoms with Crippen molar-refractivity contribution in [3.05, 3.63) is 17.5 Å². The number of hydrogen-bond donors (Lipinski definition) is 0. The second-order valence-corrected chi connectivity index (χ2v) is 9.39. The van der Waals surface area contributed by atoms with E-state index in [9.17, 15) is 4.79 Å². The monoisotopic (exact) mass is 415 g/mol. The molecule has 5 rings (SSSR count). The maximum absolute atomic E-state index is 12.8. The summed E-state index contributed by atoms with van der Waals surface area (Å²) in [7, 11) is 2.15. The third-order valence-electron chi connectivity index (χ3n) is 7.23. The van der Waals surface area contributed by atoms with Gasteiger partial charge in [0.2, 0.25) is 11.9 Å². The van der Waals surface area contributed by atoms with E-state index >= 15 is 0 Å². The minimum Gasteiger partial charge on any atom is -0.376 e. The van der Waals surface area contributed by atoms with Crippen LogP contribution in [0.5, 0.6) is 0 Å². The zero-order chi connectivity index (χ0) is 20.6. The number of likely N-dealkylation sites (N-methyl/N-ethyl adjacent to an activating group) is 1. The first-order chi connectivity index (χ1) is 14.6. The van der Waals surface area contributed by atoms with Crippen molar-refractivity contribution < 1.29 is 14.3 Å². The van der Waals surface area contributed by atoms with Gasteiger partial charge in [-0.3, -0.25) is 4.79 Å². The van der Waals surface area contributed by atoms with Gasteiger partial charge in [0.05, 0.1) is 30.4 Å². The van der Waals surface area contributed by atoms with Gasteiger partial charge in [0.25, 0.3) is 0 Å². The first-order valence-electron chi connectivity index (χ1n) is 11.4. The summed E-state index contributed by atoms with van der Waals surface area (Å²) in [5.41, 5.74) is 1.93. The summed E-state index contributed by atoms with van der Waals surface area (Å²) in [6.07, 6.45) is 7.70. The van der Waals surface area contributed by atoms with Crippen LogP contribution in [-0.4, -0.2) is 91.3 Å². The van der Waals surface area contributed by atoms with Gasteiger partial charge in [0.1, 0.15) is 6.61 Å². The van der Waals surface area contributed by atoms with Crippen LogP contribution in [0.4, 0.5) is 5.95 Å². The van der Waals surface area contributed by atoms with Crippen LogP contribution in [0.1, 0.15) is 43.4 Å². The lowest BCUT2D eigenvalue weighted by atomic mass is 9.80. The fourth-order valence-electron chi connectivity index (χ4n) is 5.28. The minimum atomic E-state index is -0.221. The number of rotatable bonds is 4. The molecule has 1 spiro atoms. The van der Waals surface area contributed by atoms with E-state index in [1.165, 1.54) is 12.8 Å². The fourth-order valence-corrected chi connectivity index (χ4v) is 5.28. The summed E-state index contributed by atoms with van der Waals surface area (Å²) in [5, 5.41) is 0. The van der Waals surface area contributed by atoms with Crippen molar-refractivity contribution in [2.45, 2.75) is 50.2 Å². The zero-order valence-corrected chi connectivity index (χ0v) is 18.0. The Morgan fingerprint density at radius 3 is 2.83 bits per heavy atom. The van der Waals surface area contributed by atoms with Crippen LogP contribution in [0.15, 0.2) is 6.20 Å². The van der Waals surface area contributed by atoms with E-state index in [1.807, 2.05) is 11.1 Å². The third-order valence-corrected chi connectivity index (χ3v) is 7.23. The molecule has 164 valence electrons. The number of fused-ring (bicyclic) bond motifs is 2. The zero-order valence-electron chi connectivity index (χ0n) is 18.0. The minimum absolute atomic E-state index is 0.0965. The Morgan fingerprint density at radius 2 is 2.03 bits per heavy atom. The van der Waals surface area contributed by atoms with Crippen LogP contribution in [0, 0.1) is 0 Å². The molecule has 1 amide bonds. The highest BCUT2D eigenvalue weighted by molar-refractivity contribution is 5.78. The average molecular weight is 416 g/mol. The molecular formula is C22H33N5O3. The van der Waals surface area contributed by atoms with Crippen LogP contribution >= 0.6 is 0 Å². The molecule has 8 nitrogen and oxygen atoms in total. The topological polar surface area (TPSA) is 71.0 Å². The number of hydrogen-bond acceptors (Lipinski definition) is 7. The first kappa shape index (κ1) is 20.2. The van der Waals surface area contributed by atoms with Crippen LogP contribution in [0.2, 0.25) is 0 Å². The van der Waals surface area contributed by atoms with Gasteiger partial charge >= 0.3 is 0 Å². The lowest BCUT2D eigenvalue weighted by Crippen LogP contribution is -2.46. The van der Waals surface area contributed by atoms with E-state index < -0.39 is 0 Å². The molecule has 1 saturated carbocycles. The summed E-state index contributed by atoms with van der Waals surface area (Å²) < 4.78 is 11.8. The Hall–Kier alpha value is -1.77. The van der Waals surface area contributed by atoms with Gasteiger partial charge < -0.3 is 24.2 Å². The van der Waals surface area contributed by atoms with Gasteiger partial charge in [0.15, 0.2) is 0 Å².